The first-order valence-electron chi connectivity index (χ1n) is 7.65. The van der Waals surface area contributed by atoms with Gasteiger partial charge in [0.1, 0.15) is 0 Å². The third-order valence-corrected chi connectivity index (χ3v) is 5.24. The predicted molar refractivity (Wildman–Crippen MR) is 77.6 cm³/mol. The molecule has 0 amide bonds. The molecule has 1 saturated carbocycles. The normalized spacial score (nSPS) is 44.2. The van der Waals surface area contributed by atoms with E-state index in [1.165, 1.54) is 39.0 Å². The maximum atomic E-state index is 6.40. The summed E-state index contributed by atoms with van der Waals surface area (Å²) in [7, 11) is 2.23. The van der Waals surface area contributed by atoms with Crippen LogP contribution in [0.1, 0.15) is 33.6 Å². The molecule has 3 nitrogen and oxygen atoms in total. The molecule has 2 N–H and O–H groups in total. The van der Waals surface area contributed by atoms with Gasteiger partial charge in [0.15, 0.2) is 0 Å². The summed E-state index contributed by atoms with van der Waals surface area (Å²) in [6.07, 6.45) is 2.58. The van der Waals surface area contributed by atoms with Crippen LogP contribution in [0.25, 0.3) is 0 Å². The van der Waals surface area contributed by atoms with E-state index < -0.39 is 0 Å². The molecule has 0 radical (unpaired) electrons. The molecule has 1 saturated heterocycles. The molecule has 2 aliphatic rings. The fourth-order valence-electron chi connectivity index (χ4n) is 3.87. The molecule has 0 spiro atoms. The van der Waals surface area contributed by atoms with Crippen LogP contribution in [0.2, 0.25) is 0 Å². The van der Waals surface area contributed by atoms with Crippen molar-refractivity contribution in [3.8, 4) is 0 Å². The molecule has 0 bridgehead atoms. The average molecular weight is 253 g/mol. The molecule has 0 aromatic heterocycles. The zero-order valence-electron chi connectivity index (χ0n) is 12.6. The molecule has 3 heteroatoms. The van der Waals surface area contributed by atoms with E-state index in [4.69, 9.17) is 5.73 Å². The van der Waals surface area contributed by atoms with Gasteiger partial charge >= 0.3 is 0 Å². The highest BCUT2D eigenvalue weighted by molar-refractivity contribution is 4.89. The molecule has 18 heavy (non-hydrogen) atoms. The van der Waals surface area contributed by atoms with Crippen LogP contribution in [-0.2, 0) is 0 Å². The van der Waals surface area contributed by atoms with Gasteiger partial charge < -0.3 is 15.5 Å². The van der Waals surface area contributed by atoms with E-state index in [1.54, 1.807) is 0 Å². The lowest BCUT2D eigenvalue weighted by molar-refractivity contribution is 0.0611. The zero-order valence-corrected chi connectivity index (χ0v) is 12.6. The molecule has 1 heterocycles. The van der Waals surface area contributed by atoms with Crippen molar-refractivity contribution in [2.45, 2.75) is 45.7 Å². The van der Waals surface area contributed by atoms with Gasteiger partial charge in [0.25, 0.3) is 0 Å². The van der Waals surface area contributed by atoms with Gasteiger partial charge in [-0.25, -0.2) is 0 Å². The first-order valence-corrected chi connectivity index (χ1v) is 7.65. The number of hydrogen-bond acceptors (Lipinski definition) is 3. The van der Waals surface area contributed by atoms with Crippen LogP contribution < -0.4 is 5.73 Å². The summed E-state index contributed by atoms with van der Waals surface area (Å²) >= 11 is 0. The van der Waals surface area contributed by atoms with E-state index >= 15 is 0 Å². The maximum absolute atomic E-state index is 6.40. The van der Waals surface area contributed by atoms with Crippen molar-refractivity contribution in [3.63, 3.8) is 0 Å². The van der Waals surface area contributed by atoms with E-state index in [2.05, 4.69) is 37.6 Å². The van der Waals surface area contributed by atoms with Gasteiger partial charge in [-0.15, -0.1) is 0 Å². The SMILES string of the molecule is CC1CC(C)C(CN2CCN(C)C(C)C2)C(N)C1. The summed E-state index contributed by atoms with van der Waals surface area (Å²) in [5.41, 5.74) is 6.40. The first-order chi connectivity index (χ1) is 8.47. The minimum atomic E-state index is 0.415. The van der Waals surface area contributed by atoms with Crippen molar-refractivity contribution in [2.24, 2.45) is 23.5 Å². The Morgan fingerprint density at radius 3 is 2.44 bits per heavy atom. The number of nitrogens with zero attached hydrogens (tertiary/aromatic N) is 2. The lowest BCUT2D eigenvalue weighted by Crippen LogP contribution is -2.54. The Morgan fingerprint density at radius 1 is 1.11 bits per heavy atom. The van der Waals surface area contributed by atoms with Gasteiger partial charge in [-0.2, -0.15) is 0 Å². The molecular weight excluding hydrogens is 222 g/mol. The number of nitrogens with two attached hydrogens (primary N) is 1. The summed E-state index contributed by atoms with van der Waals surface area (Å²) < 4.78 is 0. The van der Waals surface area contributed by atoms with Gasteiger partial charge in [0, 0.05) is 38.3 Å². The quantitative estimate of drug-likeness (QED) is 0.812. The Kier molecular flexibility index (Phi) is 4.68. The monoisotopic (exact) mass is 253 g/mol. The number of likely N-dealkylation sites (N-methyl/N-ethyl adjacent to an activating group) is 1. The Morgan fingerprint density at radius 2 is 1.83 bits per heavy atom. The van der Waals surface area contributed by atoms with Gasteiger partial charge in [-0.1, -0.05) is 13.8 Å². The van der Waals surface area contributed by atoms with Crippen molar-refractivity contribution in [1.29, 1.82) is 0 Å². The summed E-state index contributed by atoms with van der Waals surface area (Å²) in [6, 6.07) is 1.10. The molecule has 2 fully saturated rings. The summed E-state index contributed by atoms with van der Waals surface area (Å²) in [6.45, 7) is 11.9. The number of piperazine rings is 1. The average Bonchev–Trinajstić information content (AvgIpc) is 2.28. The summed E-state index contributed by atoms with van der Waals surface area (Å²) in [5, 5.41) is 0. The minimum absolute atomic E-state index is 0.415. The van der Waals surface area contributed by atoms with Gasteiger partial charge in [0.2, 0.25) is 0 Å². The number of hydrogen-bond donors (Lipinski definition) is 1. The van der Waals surface area contributed by atoms with Crippen LogP contribution in [0.5, 0.6) is 0 Å². The molecule has 1 aliphatic heterocycles. The lowest BCUT2D eigenvalue weighted by atomic mass is 9.72. The smallest absolute Gasteiger partial charge is 0.0192 e. The second-order valence-corrected chi connectivity index (χ2v) is 6.97. The fourth-order valence-corrected chi connectivity index (χ4v) is 3.87. The van der Waals surface area contributed by atoms with Crippen LogP contribution in [0.4, 0.5) is 0 Å². The maximum Gasteiger partial charge on any atom is 0.0192 e. The van der Waals surface area contributed by atoms with Crippen LogP contribution in [-0.4, -0.2) is 55.1 Å². The molecule has 5 unspecified atom stereocenters. The molecule has 5 atom stereocenters. The van der Waals surface area contributed by atoms with Crippen LogP contribution in [0.15, 0.2) is 0 Å². The van der Waals surface area contributed by atoms with Gasteiger partial charge in [-0.3, -0.25) is 0 Å². The van der Waals surface area contributed by atoms with Crippen molar-refractivity contribution in [1.82, 2.24) is 9.80 Å². The van der Waals surface area contributed by atoms with E-state index in [-0.39, 0.29) is 0 Å². The largest absolute Gasteiger partial charge is 0.327 e. The molecule has 1 aliphatic carbocycles. The molecule has 0 aromatic carbocycles. The van der Waals surface area contributed by atoms with Crippen LogP contribution >= 0.6 is 0 Å². The van der Waals surface area contributed by atoms with E-state index in [1.807, 2.05) is 0 Å². The fraction of sp³-hybridized carbons (Fsp3) is 1.00. The highest BCUT2D eigenvalue weighted by atomic mass is 15.3. The second kappa shape index (κ2) is 5.89. The highest BCUT2D eigenvalue weighted by Crippen LogP contribution is 2.33. The number of rotatable bonds is 2. The lowest BCUT2D eigenvalue weighted by Gasteiger charge is -2.44. The molecule has 0 aromatic rings. The van der Waals surface area contributed by atoms with Crippen LogP contribution in [0.3, 0.4) is 0 Å². The summed E-state index contributed by atoms with van der Waals surface area (Å²) in [4.78, 5) is 5.10. The topological polar surface area (TPSA) is 32.5 Å². The van der Waals surface area contributed by atoms with Crippen LogP contribution in [0, 0.1) is 17.8 Å². The predicted octanol–water partition coefficient (Wildman–Crippen LogP) is 1.63. The second-order valence-electron chi connectivity index (χ2n) is 6.97. The van der Waals surface area contributed by atoms with Gasteiger partial charge in [-0.05, 0) is 44.6 Å². The van der Waals surface area contributed by atoms with Crippen molar-refractivity contribution in [3.05, 3.63) is 0 Å². The third kappa shape index (κ3) is 3.25. The van der Waals surface area contributed by atoms with E-state index in [0.29, 0.717) is 18.0 Å². The molecule has 106 valence electrons. The Hall–Kier alpha value is -0.120. The molecule has 2 rings (SSSR count). The molecular formula is C15H31N3. The Bertz CT molecular complexity index is 256. The minimum Gasteiger partial charge on any atom is -0.327 e. The first kappa shape index (κ1) is 14.3. The van der Waals surface area contributed by atoms with E-state index in [9.17, 15) is 0 Å². The van der Waals surface area contributed by atoms with Crippen molar-refractivity contribution in [2.75, 3.05) is 33.2 Å². The zero-order chi connectivity index (χ0) is 13.3. The Balaban J connectivity index is 1.88. The Labute approximate surface area is 113 Å². The third-order valence-electron chi connectivity index (χ3n) is 5.24. The van der Waals surface area contributed by atoms with Crippen molar-refractivity contribution < 1.29 is 0 Å². The van der Waals surface area contributed by atoms with Crippen molar-refractivity contribution >= 4 is 0 Å². The standard InChI is InChI=1S/C15H31N3/c1-11-7-12(2)14(15(16)8-11)10-18-6-5-17(4)13(3)9-18/h11-15H,5-10,16H2,1-4H3. The van der Waals surface area contributed by atoms with E-state index in [0.717, 1.165) is 11.8 Å². The van der Waals surface area contributed by atoms with Gasteiger partial charge in [0.05, 0.1) is 0 Å². The highest BCUT2D eigenvalue weighted by Gasteiger charge is 2.33. The summed E-state index contributed by atoms with van der Waals surface area (Å²) in [5.74, 6) is 2.31.